The van der Waals surface area contributed by atoms with Crippen molar-refractivity contribution in [3.8, 4) is 0 Å². The Kier molecular flexibility index (Phi) is 4.80. The monoisotopic (exact) mass is 173 g/mol. The summed E-state index contributed by atoms with van der Waals surface area (Å²) in [6.45, 7) is 11.3. The van der Waals surface area contributed by atoms with Crippen LogP contribution >= 0.6 is 0 Å². The van der Waals surface area contributed by atoms with Gasteiger partial charge in [-0.05, 0) is 33.2 Å². The summed E-state index contributed by atoms with van der Waals surface area (Å²) < 4.78 is 0. The second-order valence-electron chi connectivity index (χ2n) is 4.29. The lowest BCUT2D eigenvalue weighted by atomic mass is 9.97. The molecule has 0 radical (unpaired) electrons. The number of rotatable bonds is 5. The summed E-state index contributed by atoms with van der Waals surface area (Å²) in [7, 11) is 0. The van der Waals surface area contributed by atoms with E-state index in [1.165, 1.54) is 6.42 Å². The zero-order valence-corrected chi connectivity index (χ0v) is 9.02. The van der Waals surface area contributed by atoms with Gasteiger partial charge in [0, 0.05) is 5.54 Å². The smallest absolute Gasteiger partial charge is 0.0688 e. The molecule has 0 aromatic carbocycles. The Labute approximate surface area is 76.4 Å². The molecule has 2 unspecified atom stereocenters. The molecular formula is C10H23NO. The van der Waals surface area contributed by atoms with Crippen LogP contribution in [0.2, 0.25) is 0 Å². The summed E-state index contributed by atoms with van der Waals surface area (Å²) in [4.78, 5) is 0. The van der Waals surface area contributed by atoms with E-state index >= 15 is 0 Å². The summed E-state index contributed by atoms with van der Waals surface area (Å²) in [5.74, 6) is 0.683. The average molecular weight is 173 g/mol. The van der Waals surface area contributed by atoms with Gasteiger partial charge in [-0.15, -0.1) is 0 Å². The minimum absolute atomic E-state index is 0.163. The van der Waals surface area contributed by atoms with Crippen molar-refractivity contribution in [1.29, 1.82) is 0 Å². The first-order valence-corrected chi connectivity index (χ1v) is 4.83. The molecular weight excluding hydrogens is 150 g/mol. The van der Waals surface area contributed by atoms with Crippen LogP contribution in [0.1, 0.15) is 41.0 Å². The van der Waals surface area contributed by atoms with E-state index in [-0.39, 0.29) is 11.6 Å². The molecule has 0 heterocycles. The first-order chi connectivity index (χ1) is 5.40. The highest BCUT2D eigenvalue weighted by molar-refractivity contribution is 4.83. The third kappa shape index (κ3) is 4.07. The molecule has 0 saturated heterocycles. The van der Waals surface area contributed by atoms with Crippen LogP contribution in [0.4, 0.5) is 0 Å². The molecule has 0 fully saturated rings. The number of hydrogen-bond acceptors (Lipinski definition) is 2. The summed E-state index contributed by atoms with van der Waals surface area (Å²) in [5.41, 5.74) is -0.163. The molecule has 0 aliphatic heterocycles. The van der Waals surface area contributed by atoms with Crippen molar-refractivity contribution in [2.24, 2.45) is 5.92 Å². The highest BCUT2D eigenvalue weighted by Crippen LogP contribution is 2.09. The van der Waals surface area contributed by atoms with Crippen LogP contribution in [0.25, 0.3) is 0 Å². The molecule has 2 N–H and O–H groups in total. The van der Waals surface area contributed by atoms with Gasteiger partial charge < -0.3 is 10.4 Å². The summed E-state index contributed by atoms with van der Waals surface area (Å²) in [6, 6.07) is 0. The van der Waals surface area contributed by atoms with Crippen molar-refractivity contribution in [3.63, 3.8) is 0 Å². The van der Waals surface area contributed by atoms with E-state index in [0.717, 1.165) is 6.54 Å². The molecule has 2 nitrogen and oxygen atoms in total. The molecule has 74 valence electrons. The zero-order chi connectivity index (χ0) is 9.78. The number of nitrogens with one attached hydrogen (secondary N) is 1. The fourth-order valence-electron chi connectivity index (χ4n) is 0.729. The Hall–Kier alpha value is -0.0800. The van der Waals surface area contributed by atoms with Gasteiger partial charge in [-0.25, -0.2) is 0 Å². The van der Waals surface area contributed by atoms with Crippen LogP contribution in [0, 0.1) is 5.92 Å². The molecule has 0 amide bonds. The van der Waals surface area contributed by atoms with Gasteiger partial charge >= 0.3 is 0 Å². The lowest BCUT2D eigenvalue weighted by Crippen LogP contribution is -2.49. The molecule has 12 heavy (non-hydrogen) atoms. The van der Waals surface area contributed by atoms with Crippen LogP contribution in [-0.2, 0) is 0 Å². The second-order valence-corrected chi connectivity index (χ2v) is 4.29. The van der Waals surface area contributed by atoms with Gasteiger partial charge in [0.15, 0.2) is 0 Å². The van der Waals surface area contributed by atoms with E-state index in [9.17, 15) is 5.11 Å². The van der Waals surface area contributed by atoms with Crippen molar-refractivity contribution in [2.75, 3.05) is 6.54 Å². The van der Waals surface area contributed by atoms with E-state index in [0.29, 0.717) is 5.92 Å². The summed E-state index contributed by atoms with van der Waals surface area (Å²) in [6.07, 6.45) is 0.879. The maximum atomic E-state index is 9.40. The standard InChI is InChI=1S/C10H23NO/c1-6-8(2)7-11-10(4,5)9(3)12/h8-9,11-12H,6-7H2,1-5H3. The Morgan fingerprint density at radius 2 is 1.83 bits per heavy atom. The largest absolute Gasteiger partial charge is 0.392 e. The molecule has 0 aliphatic carbocycles. The first kappa shape index (κ1) is 11.9. The van der Waals surface area contributed by atoms with E-state index in [4.69, 9.17) is 0 Å². The van der Waals surface area contributed by atoms with E-state index in [2.05, 4.69) is 19.2 Å². The maximum absolute atomic E-state index is 9.40. The predicted octanol–water partition coefficient (Wildman–Crippen LogP) is 1.78. The third-order valence-electron chi connectivity index (χ3n) is 2.65. The Balaban J connectivity index is 3.75. The van der Waals surface area contributed by atoms with Crippen LogP contribution in [0.5, 0.6) is 0 Å². The quantitative estimate of drug-likeness (QED) is 0.664. The molecule has 2 heteroatoms. The molecule has 0 aromatic heterocycles. The third-order valence-corrected chi connectivity index (χ3v) is 2.65. The average Bonchev–Trinajstić information content (AvgIpc) is 2.00. The van der Waals surface area contributed by atoms with Crippen molar-refractivity contribution in [2.45, 2.75) is 52.7 Å². The summed E-state index contributed by atoms with van der Waals surface area (Å²) >= 11 is 0. The van der Waals surface area contributed by atoms with Gasteiger partial charge in [0.2, 0.25) is 0 Å². The van der Waals surface area contributed by atoms with E-state index in [1.807, 2.05) is 20.8 Å². The topological polar surface area (TPSA) is 32.3 Å². The SMILES string of the molecule is CCC(C)CNC(C)(C)C(C)O. The molecule has 0 bridgehead atoms. The van der Waals surface area contributed by atoms with Gasteiger partial charge in [0.1, 0.15) is 0 Å². The van der Waals surface area contributed by atoms with Crippen LogP contribution < -0.4 is 5.32 Å². The van der Waals surface area contributed by atoms with E-state index < -0.39 is 0 Å². The van der Waals surface area contributed by atoms with Crippen LogP contribution in [0.15, 0.2) is 0 Å². The van der Waals surface area contributed by atoms with Gasteiger partial charge in [0.25, 0.3) is 0 Å². The highest BCUT2D eigenvalue weighted by Gasteiger charge is 2.23. The molecule has 0 aromatic rings. The molecule has 0 aliphatic rings. The van der Waals surface area contributed by atoms with Crippen LogP contribution in [-0.4, -0.2) is 23.3 Å². The molecule has 0 spiro atoms. The van der Waals surface area contributed by atoms with Crippen molar-refractivity contribution >= 4 is 0 Å². The number of aliphatic hydroxyl groups excluding tert-OH is 1. The number of hydrogen-bond donors (Lipinski definition) is 2. The minimum atomic E-state index is -0.304. The normalized spacial score (nSPS) is 17.5. The molecule has 2 atom stereocenters. The Bertz CT molecular complexity index is 121. The van der Waals surface area contributed by atoms with Gasteiger partial charge in [-0.2, -0.15) is 0 Å². The van der Waals surface area contributed by atoms with Gasteiger partial charge in [0.05, 0.1) is 6.10 Å². The molecule has 0 rings (SSSR count). The van der Waals surface area contributed by atoms with Crippen molar-refractivity contribution in [1.82, 2.24) is 5.32 Å². The van der Waals surface area contributed by atoms with Gasteiger partial charge in [-0.1, -0.05) is 20.3 Å². The van der Waals surface area contributed by atoms with Crippen molar-refractivity contribution in [3.05, 3.63) is 0 Å². The lowest BCUT2D eigenvalue weighted by Gasteiger charge is -2.30. The maximum Gasteiger partial charge on any atom is 0.0688 e. The van der Waals surface area contributed by atoms with Crippen LogP contribution in [0.3, 0.4) is 0 Å². The fraction of sp³-hybridized carbons (Fsp3) is 1.00. The predicted molar refractivity (Wildman–Crippen MR) is 53.2 cm³/mol. The highest BCUT2D eigenvalue weighted by atomic mass is 16.3. The first-order valence-electron chi connectivity index (χ1n) is 4.83. The Morgan fingerprint density at radius 3 is 2.17 bits per heavy atom. The second kappa shape index (κ2) is 4.83. The van der Waals surface area contributed by atoms with Gasteiger partial charge in [-0.3, -0.25) is 0 Å². The number of aliphatic hydroxyl groups is 1. The Morgan fingerprint density at radius 1 is 1.33 bits per heavy atom. The minimum Gasteiger partial charge on any atom is -0.392 e. The molecule has 0 saturated carbocycles. The lowest BCUT2D eigenvalue weighted by molar-refractivity contribution is 0.0940. The van der Waals surface area contributed by atoms with Crippen molar-refractivity contribution < 1.29 is 5.11 Å². The fourth-order valence-corrected chi connectivity index (χ4v) is 0.729. The van der Waals surface area contributed by atoms with E-state index in [1.54, 1.807) is 0 Å². The zero-order valence-electron chi connectivity index (χ0n) is 9.02. The summed E-state index contributed by atoms with van der Waals surface area (Å²) in [5, 5.41) is 12.8.